The van der Waals surface area contributed by atoms with Crippen LogP contribution in [0.1, 0.15) is 47.9 Å². The Bertz CT molecular complexity index is 1210. The molecule has 0 aliphatic heterocycles. The minimum atomic E-state index is 0.647. The topological polar surface area (TPSA) is 4.93 Å². The van der Waals surface area contributed by atoms with Gasteiger partial charge in [0.1, 0.15) is 0 Å². The van der Waals surface area contributed by atoms with Crippen molar-refractivity contribution in [3.8, 4) is 0 Å². The maximum Gasteiger partial charge on any atom is 0.0552 e. The third kappa shape index (κ3) is 2.23. The van der Waals surface area contributed by atoms with Gasteiger partial charge in [0.15, 0.2) is 0 Å². The molecule has 0 saturated heterocycles. The summed E-state index contributed by atoms with van der Waals surface area (Å²) in [5.74, 6) is 0.647. The van der Waals surface area contributed by atoms with Crippen molar-refractivity contribution in [1.29, 1.82) is 0 Å². The number of benzene rings is 1. The van der Waals surface area contributed by atoms with Crippen molar-refractivity contribution in [1.82, 2.24) is 4.57 Å². The number of nitrogens with zero attached hydrogens (tertiary/aromatic N) is 1. The number of rotatable bonds is 1. The van der Waals surface area contributed by atoms with Gasteiger partial charge in [-0.2, -0.15) is 0 Å². The summed E-state index contributed by atoms with van der Waals surface area (Å²) in [6, 6.07) is 4.73. The van der Waals surface area contributed by atoms with Crippen molar-refractivity contribution in [2.75, 3.05) is 0 Å². The maximum atomic E-state index is 2.55. The highest BCUT2D eigenvalue weighted by atomic mass is 32.1. The highest BCUT2D eigenvalue weighted by Crippen LogP contribution is 2.44. The van der Waals surface area contributed by atoms with Crippen LogP contribution < -0.4 is 0 Å². The molecule has 2 aromatic heterocycles. The molecule has 27 heavy (non-hydrogen) atoms. The van der Waals surface area contributed by atoms with E-state index in [-0.39, 0.29) is 0 Å². The second-order valence-corrected chi connectivity index (χ2v) is 9.16. The predicted octanol–water partition coefficient (Wildman–Crippen LogP) is 7.21. The summed E-state index contributed by atoms with van der Waals surface area (Å²) in [6.45, 7) is 2.29. The minimum absolute atomic E-state index is 0.647. The van der Waals surface area contributed by atoms with E-state index in [1.165, 1.54) is 56.3 Å². The number of hydrogen-bond acceptors (Lipinski definition) is 1. The summed E-state index contributed by atoms with van der Waals surface area (Å²) in [5, 5.41) is 2.92. The number of allylic oxidation sites excluding steroid dienone is 6. The molecule has 0 radical (unpaired) electrons. The Morgan fingerprint density at radius 3 is 2.70 bits per heavy atom. The van der Waals surface area contributed by atoms with Crippen LogP contribution in [0.15, 0.2) is 42.5 Å². The molecule has 3 aliphatic carbocycles. The Balaban J connectivity index is 1.71. The summed E-state index contributed by atoms with van der Waals surface area (Å²) in [7, 11) is 0. The molecule has 0 N–H and O–H groups in total. The van der Waals surface area contributed by atoms with Crippen LogP contribution in [0.4, 0.5) is 0 Å². The Kier molecular flexibility index (Phi) is 3.40. The van der Waals surface area contributed by atoms with E-state index in [0.717, 1.165) is 19.3 Å². The van der Waals surface area contributed by atoms with Gasteiger partial charge in [-0.25, -0.2) is 0 Å². The Morgan fingerprint density at radius 1 is 1.00 bits per heavy atom. The van der Waals surface area contributed by atoms with Gasteiger partial charge in [0.2, 0.25) is 0 Å². The number of aryl methyl sites for hydroxylation is 1. The quantitative estimate of drug-likeness (QED) is 0.427. The minimum Gasteiger partial charge on any atom is -0.313 e. The summed E-state index contributed by atoms with van der Waals surface area (Å²) >= 11 is 2.03. The summed E-state index contributed by atoms with van der Waals surface area (Å²) < 4.78 is 4.03. The third-order valence-electron chi connectivity index (χ3n) is 6.25. The molecule has 6 rings (SSSR count). The van der Waals surface area contributed by atoms with Gasteiger partial charge in [0, 0.05) is 37.3 Å². The molecule has 3 aromatic rings. The molecule has 0 saturated carbocycles. The number of fused-ring (bicyclic) bond motifs is 7. The van der Waals surface area contributed by atoms with Crippen LogP contribution in [-0.2, 0) is 12.8 Å². The molecule has 2 heterocycles. The first-order valence-electron chi connectivity index (χ1n) is 10.1. The lowest BCUT2D eigenvalue weighted by molar-refractivity contribution is 0.733. The monoisotopic (exact) mass is 369 g/mol. The fourth-order valence-corrected chi connectivity index (χ4v) is 6.24. The fourth-order valence-electron chi connectivity index (χ4n) is 4.88. The predicted molar refractivity (Wildman–Crippen MR) is 119 cm³/mol. The van der Waals surface area contributed by atoms with E-state index in [4.69, 9.17) is 0 Å². The van der Waals surface area contributed by atoms with Gasteiger partial charge < -0.3 is 4.57 Å². The second kappa shape index (κ2) is 5.84. The van der Waals surface area contributed by atoms with Crippen LogP contribution in [0, 0.1) is 5.92 Å². The van der Waals surface area contributed by atoms with Crippen LogP contribution in [0.2, 0.25) is 0 Å². The van der Waals surface area contributed by atoms with E-state index >= 15 is 0 Å². The molecule has 134 valence electrons. The molecule has 2 heteroatoms. The molecule has 1 aromatic carbocycles. The van der Waals surface area contributed by atoms with E-state index in [0.29, 0.717) is 5.92 Å². The second-order valence-electron chi connectivity index (χ2n) is 8.05. The number of thiophene rings is 1. The molecule has 0 amide bonds. The van der Waals surface area contributed by atoms with E-state index in [1.807, 2.05) is 11.3 Å². The molecular weight excluding hydrogens is 346 g/mol. The smallest absolute Gasteiger partial charge is 0.0552 e. The lowest BCUT2D eigenvalue weighted by atomic mass is 9.99. The zero-order chi connectivity index (χ0) is 18.0. The number of hydrogen-bond donors (Lipinski definition) is 0. The van der Waals surface area contributed by atoms with Crippen LogP contribution in [-0.4, -0.2) is 4.57 Å². The highest BCUT2D eigenvalue weighted by Gasteiger charge is 2.24. The lowest BCUT2D eigenvalue weighted by Crippen LogP contribution is -2.06. The van der Waals surface area contributed by atoms with Crippen molar-refractivity contribution in [2.45, 2.75) is 39.0 Å². The Hall–Kier alpha value is -2.32. The normalized spacial score (nSPS) is 20.9. The standard InChI is InChI=1S/C25H23NS/c1-16-10-12-17(13-11-16)26-21-8-4-2-7-20(21)24-22(26)15-14-19-18-6-3-5-9-23(18)27-25(19)24/h2-3,6-7,10,12-16H,4-5,8-9,11H2,1H3. The molecule has 1 nitrogen and oxygen atoms in total. The first-order valence-corrected chi connectivity index (χ1v) is 11.0. The van der Waals surface area contributed by atoms with Gasteiger partial charge in [-0.3, -0.25) is 0 Å². The highest BCUT2D eigenvalue weighted by molar-refractivity contribution is 7.20. The molecule has 3 aliphatic rings. The Labute approximate surface area is 164 Å². The first kappa shape index (κ1) is 15.7. The van der Waals surface area contributed by atoms with Gasteiger partial charge >= 0.3 is 0 Å². The van der Waals surface area contributed by atoms with Crippen molar-refractivity contribution in [3.05, 3.63) is 64.2 Å². The molecular formula is C25H23NS. The van der Waals surface area contributed by atoms with E-state index in [9.17, 15) is 0 Å². The van der Waals surface area contributed by atoms with Crippen LogP contribution in [0.5, 0.6) is 0 Å². The van der Waals surface area contributed by atoms with Gasteiger partial charge in [-0.1, -0.05) is 49.4 Å². The average Bonchev–Trinajstić information content (AvgIpc) is 3.24. The van der Waals surface area contributed by atoms with Crippen molar-refractivity contribution < 1.29 is 0 Å². The van der Waals surface area contributed by atoms with Gasteiger partial charge in [0.25, 0.3) is 0 Å². The van der Waals surface area contributed by atoms with Crippen LogP contribution in [0.25, 0.3) is 38.8 Å². The van der Waals surface area contributed by atoms with Gasteiger partial charge in [-0.15, -0.1) is 11.3 Å². The SMILES string of the molecule is CC1C=CC(n2c3c(c4c5sc6c(c5ccc42)C=CCC6)C=CCC3)=CC1. The summed E-state index contributed by atoms with van der Waals surface area (Å²) in [5.41, 5.74) is 7.15. The van der Waals surface area contributed by atoms with Gasteiger partial charge in [-0.05, 0) is 55.7 Å². The summed E-state index contributed by atoms with van der Waals surface area (Å²) in [6.07, 6.45) is 22.3. The van der Waals surface area contributed by atoms with Crippen molar-refractivity contribution in [3.63, 3.8) is 0 Å². The maximum absolute atomic E-state index is 2.55. The number of aromatic nitrogens is 1. The summed E-state index contributed by atoms with van der Waals surface area (Å²) in [4.78, 5) is 1.56. The molecule has 0 bridgehead atoms. The third-order valence-corrected chi connectivity index (χ3v) is 7.55. The lowest BCUT2D eigenvalue weighted by Gasteiger charge is -2.18. The van der Waals surface area contributed by atoms with Crippen molar-refractivity contribution >= 4 is 50.2 Å². The Morgan fingerprint density at radius 2 is 1.85 bits per heavy atom. The van der Waals surface area contributed by atoms with E-state index < -0.39 is 0 Å². The zero-order valence-corrected chi connectivity index (χ0v) is 16.5. The molecule has 1 atom stereocenters. The molecule has 0 spiro atoms. The molecule has 0 fully saturated rings. The molecule has 1 unspecified atom stereocenters. The zero-order valence-electron chi connectivity index (χ0n) is 15.7. The van der Waals surface area contributed by atoms with E-state index in [2.05, 4.69) is 66.2 Å². The average molecular weight is 370 g/mol. The van der Waals surface area contributed by atoms with Gasteiger partial charge in [0.05, 0.1) is 5.52 Å². The van der Waals surface area contributed by atoms with E-state index in [1.54, 1.807) is 4.88 Å². The fraction of sp³-hybridized carbons (Fsp3) is 0.280. The first-order chi connectivity index (χ1) is 13.3. The van der Waals surface area contributed by atoms with Crippen molar-refractivity contribution in [2.24, 2.45) is 5.92 Å². The van der Waals surface area contributed by atoms with Crippen LogP contribution in [0.3, 0.4) is 0 Å². The largest absolute Gasteiger partial charge is 0.313 e. The van der Waals surface area contributed by atoms with Crippen LogP contribution >= 0.6 is 11.3 Å².